The summed E-state index contributed by atoms with van der Waals surface area (Å²) in [5.74, 6) is 0.855. The average Bonchev–Trinajstić information content (AvgIpc) is 3.63. The number of aromatic nitrogens is 4. The fourth-order valence-corrected chi connectivity index (χ4v) is 5.73. The van der Waals surface area contributed by atoms with Crippen molar-refractivity contribution in [2.75, 3.05) is 29.9 Å². The zero-order chi connectivity index (χ0) is 26.4. The molecule has 1 unspecified atom stereocenters. The van der Waals surface area contributed by atoms with Crippen molar-refractivity contribution in [2.45, 2.75) is 56.8 Å². The fraction of sp³-hybridized carbons (Fsp3) is 0.462. The van der Waals surface area contributed by atoms with Crippen LogP contribution in [0.2, 0.25) is 0 Å². The first kappa shape index (κ1) is 27.3. The first-order chi connectivity index (χ1) is 18.3. The van der Waals surface area contributed by atoms with Gasteiger partial charge in [-0.2, -0.15) is 13.2 Å². The second kappa shape index (κ2) is 10.7. The quantitative estimate of drug-likeness (QED) is 0.441. The number of fused-ring (bicyclic) bond motifs is 1. The maximum atomic E-state index is 13.9. The van der Waals surface area contributed by atoms with Gasteiger partial charge in [0.2, 0.25) is 5.91 Å². The second-order valence-electron chi connectivity index (χ2n) is 10.1. The van der Waals surface area contributed by atoms with Crippen LogP contribution < -0.4 is 15.5 Å². The molecule has 0 spiro atoms. The van der Waals surface area contributed by atoms with E-state index in [0.717, 1.165) is 61.6 Å². The number of halogens is 5. The van der Waals surface area contributed by atoms with Gasteiger partial charge in [-0.3, -0.25) is 4.79 Å². The summed E-state index contributed by atoms with van der Waals surface area (Å²) >= 11 is 0. The lowest BCUT2D eigenvalue weighted by Gasteiger charge is -2.33. The molecule has 5 heterocycles. The first-order valence-electron chi connectivity index (χ1n) is 12.8. The van der Waals surface area contributed by atoms with Gasteiger partial charge in [0, 0.05) is 48.9 Å². The molecule has 3 aliphatic rings. The summed E-state index contributed by atoms with van der Waals surface area (Å²) in [6.45, 7) is 3.00. The number of nitrogens with one attached hydrogen (secondary N) is 2. The maximum absolute atomic E-state index is 13.9. The Balaban J connectivity index is 0.00000308. The zero-order valence-electron chi connectivity index (χ0n) is 21.0. The molecule has 0 bridgehead atoms. The number of piperidine rings is 1. The van der Waals surface area contributed by atoms with E-state index in [1.165, 1.54) is 12.4 Å². The second-order valence-corrected chi connectivity index (χ2v) is 10.1. The number of anilines is 2. The molecule has 2 aromatic heterocycles. The molecular formula is C26H28ClF4N7O. The smallest absolute Gasteiger partial charge is 0.356 e. The van der Waals surface area contributed by atoms with E-state index in [2.05, 4.69) is 30.1 Å². The van der Waals surface area contributed by atoms with Crippen LogP contribution >= 0.6 is 12.4 Å². The number of carbonyl (C=O) groups is 1. The Labute approximate surface area is 228 Å². The van der Waals surface area contributed by atoms with Gasteiger partial charge in [0.15, 0.2) is 0 Å². The van der Waals surface area contributed by atoms with Crippen LogP contribution in [-0.4, -0.2) is 51.1 Å². The van der Waals surface area contributed by atoms with E-state index in [9.17, 15) is 22.4 Å². The van der Waals surface area contributed by atoms with Crippen molar-refractivity contribution >= 4 is 29.9 Å². The molecule has 8 nitrogen and oxygen atoms in total. The molecule has 2 N–H and O–H groups in total. The summed E-state index contributed by atoms with van der Waals surface area (Å²) in [6.07, 6.45) is 2.36. The standard InChI is InChI=1S/C26H27F4N7O.ClH/c27-20-4-3-16(10-19(20)26(28,29)30)21-13-37(12-17-2-1-7-31-17)24(34-21)15-5-8-36(9-6-15)25-18-11-22(38)35-23(18)32-14-33-25;/h3-4,10,13-15,17,31H,1-2,5-9,11-12H2,(H,32,33,35,38);1H. The fourth-order valence-electron chi connectivity index (χ4n) is 5.73. The monoisotopic (exact) mass is 565 g/mol. The van der Waals surface area contributed by atoms with Gasteiger partial charge >= 0.3 is 6.18 Å². The molecular weight excluding hydrogens is 538 g/mol. The van der Waals surface area contributed by atoms with Gasteiger partial charge in [0.1, 0.15) is 29.6 Å². The number of imidazole rings is 1. The third kappa shape index (κ3) is 5.44. The third-order valence-corrected chi connectivity index (χ3v) is 7.63. The van der Waals surface area contributed by atoms with Gasteiger partial charge in [0.25, 0.3) is 0 Å². The molecule has 3 aliphatic heterocycles. The van der Waals surface area contributed by atoms with Gasteiger partial charge in [-0.05, 0) is 50.4 Å². The largest absolute Gasteiger partial charge is 0.419 e. The minimum atomic E-state index is -4.78. The normalized spacial score (nSPS) is 19.6. The summed E-state index contributed by atoms with van der Waals surface area (Å²) in [5.41, 5.74) is 0.166. The molecule has 0 saturated carbocycles. The molecule has 6 rings (SSSR count). The number of hydrogen-bond donors (Lipinski definition) is 2. The number of nitrogens with zero attached hydrogens (tertiary/aromatic N) is 5. The Morgan fingerprint density at radius 2 is 1.90 bits per heavy atom. The van der Waals surface area contributed by atoms with Crippen molar-refractivity contribution < 1.29 is 22.4 Å². The SMILES string of the molecule is Cl.O=C1Cc2c(ncnc2N2CCC(c3nc(-c4ccc(F)c(C(F)(F)F)c4)cn3CC3CCCN3)CC2)N1. The van der Waals surface area contributed by atoms with Crippen molar-refractivity contribution in [3.8, 4) is 11.3 Å². The van der Waals surface area contributed by atoms with E-state index in [1.54, 1.807) is 6.20 Å². The molecule has 13 heteroatoms. The Hall–Kier alpha value is -3.25. The van der Waals surface area contributed by atoms with Crippen molar-refractivity contribution in [3.05, 3.63) is 53.5 Å². The lowest BCUT2D eigenvalue weighted by molar-refractivity contribution is -0.140. The van der Waals surface area contributed by atoms with Gasteiger partial charge in [-0.15, -0.1) is 12.4 Å². The molecule has 0 aliphatic carbocycles. The molecule has 2 saturated heterocycles. The number of hydrogen-bond acceptors (Lipinski definition) is 6. The summed E-state index contributed by atoms with van der Waals surface area (Å²) in [5, 5.41) is 6.23. The highest BCUT2D eigenvalue weighted by atomic mass is 35.5. The molecule has 1 aromatic carbocycles. The highest BCUT2D eigenvalue weighted by Crippen LogP contribution is 2.37. The summed E-state index contributed by atoms with van der Waals surface area (Å²) in [6, 6.07) is 3.31. The van der Waals surface area contributed by atoms with Crippen molar-refractivity contribution in [1.82, 2.24) is 24.8 Å². The number of carbonyl (C=O) groups excluding carboxylic acids is 1. The van der Waals surface area contributed by atoms with E-state index >= 15 is 0 Å². The first-order valence-corrected chi connectivity index (χ1v) is 12.8. The Morgan fingerprint density at radius 3 is 2.62 bits per heavy atom. The van der Waals surface area contributed by atoms with Gasteiger partial charge < -0.3 is 20.1 Å². The third-order valence-electron chi connectivity index (χ3n) is 7.63. The number of amides is 1. The van der Waals surface area contributed by atoms with Crippen molar-refractivity contribution in [1.29, 1.82) is 0 Å². The highest BCUT2D eigenvalue weighted by molar-refractivity contribution is 5.99. The minimum Gasteiger partial charge on any atom is -0.356 e. The van der Waals surface area contributed by atoms with Crippen molar-refractivity contribution in [2.24, 2.45) is 0 Å². The van der Waals surface area contributed by atoms with E-state index in [-0.39, 0.29) is 42.3 Å². The van der Waals surface area contributed by atoms with E-state index in [0.29, 0.717) is 31.1 Å². The van der Waals surface area contributed by atoms with E-state index in [4.69, 9.17) is 4.98 Å². The molecule has 1 amide bonds. The number of benzene rings is 1. The Morgan fingerprint density at radius 1 is 1.10 bits per heavy atom. The van der Waals surface area contributed by atoms with Gasteiger partial charge in [0.05, 0.1) is 17.7 Å². The number of rotatable bonds is 5. The van der Waals surface area contributed by atoms with E-state index < -0.39 is 17.6 Å². The van der Waals surface area contributed by atoms with Crippen LogP contribution in [0.3, 0.4) is 0 Å². The Kier molecular flexibility index (Phi) is 7.51. The molecule has 208 valence electrons. The van der Waals surface area contributed by atoms with Gasteiger partial charge in [-0.1, -0.05) is 0 Å². The van der Waals surface area contributed by atoms with Crippen molar-refractivity contribution in [3.63, 3.8) is 0 Å². The van der Waals surface area contributed by atoms with Crippen LogP contribution in [0.25, 0.3) is 11.3 Å². The maximum Gasteiger partial charge on any atom is 0.419 e. The lowest BCUT2D eigenvalue weighted by atomic mass is 9.95. The average molecular weight is 566 g/mol. The minimum absolute atomic E-state index is 0. The lowest BCUT2D eigenvalue weighted by Crippen LogP contribution is -2.35. The predicted octanol–water partition coefficient (Wildman–Crippen LogP) is 4.55. The predicted molar refractivity (Wildman–Crippen MR) is 139 cm³/mol. The molecule has 39 heavy (non-hydrogen) atoms. The Bertz CT molecular complexity index is 1360. The summed E-state index contributed by atoms with van der Waals surface area (Å²) in [7, 11) is 0. The van der Waals surface area contributed by atoms with Crippen LogP contribution in [0.4, 0.5) is 29.2 Å². The molecule has 0 radical (unpaired) electrons. The van der Waals surface area contributed by atoms with Crippen LogP contribution in [0.1, 0.15) is 48.6 Å². The van der Waals surface area contributed by atoms with Crippen LogP contribution in [0.5, 0.6) is 0 Å². The van der Waals surface area contributed by atoms with Gasteiger partial charge in [-0.25, -0.2) is 19.3 Å². The zero-order valence-corrected chi connectivity index (χ0v) is 21.8. The van der Waals surface area contributed by atoms with E-state index in [1.807, 2.05) is 0 Å². The van der Waals surface area contributed by atoms with Crippen LogP contribution in [-0.2, 0) is 23.9 Å². The van der Waals surface area contributed by atoms with Crippen LogP contribution in [0, 0.1) is 5.82 Å². The summed E-state index contributed by atoms with van der Waals surface area (Å²) in [4.78, 5) is 27.4. The molecule has 3 aromatic rings. The summed E-state index contributed by atoms with van der Waals surface area (Å²) < 4.78 is 56.1. The molecule has 2 fully saturated rings. The molecule has 1 atom stereocenters. The highest BCUT2D eigenvalue weighted by Gasteiger charge is 2.35. The van der Waals surface area contributed by atoms with Crippen LogP contribution in [0.15, 0.2) is 30.7 Å². The topological polar surface area (TPSA) is 88.0 Å². The number of alkyl halides is 3.